The molecule has 1 unspecified atom stereocenters. The Morgan fingerprint density at radius 2 is 2.07 bits per heavy atom. The van der Waals surface area contributed by atoms with E-state index in [4.69, 9.17) is 0 Å². The summed E-state index contributed by atoms with van der Waals surface area (Å²) in [5.41, 5.74) is 0. The second kappa shape index (κ2) is 8.72. The molecule has 0 heterocycles. The molecule has 0 aliphatic heterocycles. The van der Waals surface area contributed by atoms with E-state index in [-0.39, 0.29) is 5.91 Å². The number of amides is 1. The standard InChI is InChI=1S/C12H26N2O/c1-5-7-8-12(15)13-11(3)9-10-14(4)6-2/h11H,5-10H2,1-4H3,(H,13,15). The van der Waals surface area contributed by atoms with Crippen LogP contribution in [0.4, 0.5) is 0 Å². The molecule has 15 heavy (non-hydrogen) atoms. The third-order valence-corrected chi connectivity index (χ3v) is 2.65. The predicted molar refractivity (Wildman–Crippen MR) is 64.9 cm³/mol. The summed E-state index contributed by atoms with van der Waals surface area (Å²) in [6.45, 7) is 8.44. The third-order valence-electron chi connectivity index (χ3n) is 2.65. The first-order chi connectivity index (χ1) is 7.10. The van der Waals surface area contributed by atoms with Crippen LogP contribution >= 0.6 is 0 Å². The molecule has 1 atom stereocenters. The lowest BCUT2D eigenvalue weighted by molar-refractivity contribution is -0.121. The molecule has 1 N–H and O–H groups in total. The van der Waals surface area contributed by atoms with Crippen LogP contribution in [0.1, 0.15) is 46.5 Å². The molecule has 0 rings (SSSR count). The van der Waals surface area contributed by atoms with E-state index in [1.807, 2.05) is 0 Å². The van der Waals surface area contributed by atoms with Gasteiger partial charge in [-0.15, -0.1) is 0 Å². The van der Waals surface area contributed by atoms with Crippen LogP contribution in [0.15, 0.2) is 0 Å². The van der Waals surface area contributed by atoms with Crippen molar-refractivity contribution in [3.63, 3.8) is 0 Å². The molecule has 0 aliphatic rings. The van der Waals surface area contributed by atoms with Gasteiger partial charge in [-0.3, -0.25) is 4.79 Å². The third kappa shape index (κ3) is 8.43. The molecule has 0 saturated carbocycles. The van der Waals surface area contributed by atoms with E-state index in [2.05, 4.69) is 38.0 Å². The van der Waals surface area contributed by atoms with E-state index in [9.17, 15) is 4.79 Å². The molecule has 3 heteroatoms. The highest BCUT2D eigenvalue weighted by atomic mass is 16.1. The Bertz CT molecular complexity index is 171. The van der Waals surface area contributed by atoms with E-state index in [1.165, 1.54) is 0 Å². The van der Waals surface area contributed by atoms with E-state index >= 15 is 0 Å². The fourth-order valence-electron chi connectivity index (χ4n) is 1.33. The van der Waals surface area contributed by atoms with Crippen molar-refractivity contribution in [1.82, 2.24) is 10.2 Å². The van der Waals surface area contributed by atoms with Gasteiger partial charge in [0, 0.05) is 12.5 Å². The monoisotopic (exact) mass is 214 g/mol. The van der Waals surface area contributed by atoms with Crippen LogP contribution in [-0.2, 0) is 4.79 Å². The quantitative estimate of drug-likeness (QED) is 0.670. The molecule has 0 aromatic rings. The summed E-state index contributed by atoms with van der Waals surface area (Å²) < 4.78 is 0. The number of carbonyl (C=O) groups is 1. The van der Waals surface area contributed by atoms with Crippen molar-refractivity contribution >= 4 is 5.91 Å². The van der Waals surface area contributed by atoms with Gasteiger partial charge in [0.05, 0.1) is 0 Å². The lowest BCUT2D eigenvalue weighted by Gasteiger charge is -2.18. The van der Waals surface area contributed by atoms with Gasteiger partial charge >= 0.3 is 0 Å². The molecule has 90 valence electrons. The van der Waals surface area contributed by atoms with Crippen LogP contribution in [0.25, 0.3) is 0 Å². The highest BCUT2D eigenvalue weighted by molar-refractivity contribution is 5.76. The minimum Gasteiger partial charge on any atom is -0.354 e. The lowest BCUT2D eigenvalue weighted by Crippen LogP contribution is -2.35. The summed E-state index contributed by atoms with van der Waals surface area (Å²) in [7, 11) is 2.10. The second-order valence-electron chi connectivity index (χ2n) is 4.26. The van der Waals surface area contributed by atoms with Crippen LogP contribution in [0.3, 0.4) is 0 Å². The molecule has 3 nitrogen and oxygen atoms in total. The predicted octanol–water partition coefficient (Wildman–Crippen LogP) is 2.02. The van der Waals surface area contributed by atoms with E-state index in [0.717, 1.165) is 32.4 Å². The van der Waals surface area contributed by atoms with Crippen molar-refractivity contribution < 1.29 is 4.79 Å². The largest absolute Gasteiger partial charge is 0.354 e. The maximum absolute atomic E-state index is 11.4. The smallest absolute Gasteiger partial charge is 0.220 e. The van der Waals surface area contributed by atoms with Gasteiger partial charge in [-0.1, -0.05) is 20.3 Å². The van der Waals surface area contributed by atoms with Crippen molar-refractivity contribution in [1.29, 1.82) is 0 Å². The number of unbranched alkanes of at least 4 members (excludes halogenated alkanes) is 1. The molecule has 0 saturated heterocycles. The van der Waals surface area contributed by atoms with Gasteiger partial charge in [0.15, 0.2) is 0 Å². The molecule has 0 aromatic carbocycles. The average Bonchev–Trinajstić information content (AvgIpc) is 2.22. The van der Waals surface area contributed by atoms with Gasteiger partial charge in [0.25, 0.3) is 0 Å². The summed E-state index contributed by atoms with van der Waals surface area (Å²) in [6, 6.07) is 0.295. The Balaban J connectivity index is 3.54. The van der Waals surface area contributed by atoms with Gasteiger partial charge < -0.3 is 10.2 Å². The molecule has 0 spiro atoms. The van der Waals surface area contributed by atoms with E-state index in [0.29, 0.717) is 12.5 Å². The van der Waals surface area contributed by atoms with Crippen molar-refractivity contribution in [2.75, 3.05) is 20.1 Å². The topological polar surface area (TPSA) is 32.3 Å². The molecule has 0 radical (unpaired) electrons. The fraction of sp³-hybridized carbons (Fsp3) is 0.917. The zero-order chi connectivity index (χ0) is 11.7. The van der Waals surface area contributed by atoms with Crippen LogP contribution in [0.2, 0.25) is 0 Å². The Morgan fingerprint density at radius 1 is 1.40 bits per heavy atom. The summed E-state index contributed by atoms with van der Waals surface area (Å²) in [5, 5.41) is 3.03. The molecule has 0 aromatic heterocycles. The van der Waals surface area contributed by atoms with Gasteiger partial charge in [-0.25, -0.2) is 0 Å². The molecular weight excluding hydrogens is 188 g/mol. The zero-order valence-electron chi connectivity index (χ0n) is 10.7. The first-order valence-corrected chi connectivity index (χ1v) is 6.08. The van der Waals surface area contributed by atoms with Gasteiger partial charge in [0.1, 0.15) is 0 Å². The second-order valence-corrected chi connectivity index (χ2v) is 4.26. The maximum atomic E-state index is 11.4. The first-order valence-electron chi connectivity index (χ1n) is 6.08. The molecular formula is C12H26N2O. The Labute approximate surface area is 94.2 Å². The summed E-state index contributed by atoms with van der Waals surface area (Å²) in [4.78, 5) is 13.7. The molecule has 1 amide bonds. The minimum atomic E-state index is 0.198. The highest BCUT2D eigenvalue weighted by Crippen LogP contribution is 1.97. The van der Waals surface area contributed by atoms with Crippen molar-refractivity contribution in [2.24, 2.45) is 0 Å². The number of rotatable bonds is 8. The Kier molecular flexibility index (Phi) is 8.38. The van der Waals surface area contributed by atoms with Crippen LogP contribution in [-0.4, -0.2) is 37.0 Å². The number of hydrogen-bond acceptors (Lipinski definition) is 2. The summed E-state index contributed by atoms with van der Waals surface area (Å²) in [5.74, 6) is 0.198. The van der Waals surface area contributed by atoms with Crippen molar-refractivity contribution in [3.8, 4) is 0 Å². The summed E-state index contributed by atoms with van der Waals surface area (Å²) in [6.07, 6.45) is 3.78. The zero-order valence-corrected chi connectivity index (χ0v) is 10.7. The van der Waals surface area contributed by atoms with Crippen LogP contribution < -0.4 is 5.32 Å². The SMILES string of the molecule is CCCCC(=O)NC(C)CCN(C)CC. The fourth-order valence-corrected chi connectivity index (χ4v) is 1.33. The van der Waals surface area contributed by atoms with Crippen molar-refractivity contribution in [3.05, 3.63) is 0 Å². The Hall–Kier alpha value is -0.570. The number of nitrogens with one attached hydrogen (secondary N) is 1. The maximum Gasteiger partial charge on any atom is 0.220 e. The van der Waals surface area contributed by atoms with E-state index < -0.39 is 0 Å². The first kappa shape index (κ1) is 14.4. The average molecular weight is 214 g/mol. The van der Waals surface area contributed by atoms with Crippen LogP contribution in [0.5, 0.6) is 0 Å². The molecule has 0 fully saturated rings. The van der Waals surface area contributed by atoms with Gasteiger partial charge in [-0.2, -0.15) is 0 Å². The number of nitrogens with zero attached hydrogens (tertiary/aromatic N) is 1. The lowest BCUT2D eigenvalue weighted by atomic mass is 10.2. The molecule has 0 aliphatic carbocycles. The highest BCUT2D eigenvalue weighted by Gasteiger charge is 2.07. The number of carbonyl (C=O) groups excluding carboxylic acids is 1. The van der Waals surface area contributed by atoms with Crippen molar-refractivity contribution in [2.45, 2.75) is 52.5 Å². The normalized spacial score (nSPS) is 12.9. The minimum absolute atomic E-state index is 0.198. The Morgan fingerprint density at radius 3 is 2.60 bits per heavy atom. The summed E-state index contributed by atoms with van der Waals surface area (Å²) >= 11 is 0. The van der Waals surface area contributed by atoms with Gasteiger partial charge in [-0.05, 0) is 39.9 Å². The molecule has 0 bridgehead atoms. The van der Waals surface area contributed by atoms with Crippen LogP contribution in [0, 0.1) is 0 Å². The van der Waals surface area contributed by atoms with Gasteiger partial charge in [0.2, 0.25) is 5.91 Å². The van der Waals surface area contributed by atoms with E-state index in [1.54, 1.807) is 0 Å². The number of hydrogen-bond donors (Lipinski definition) is 1.